The predicted octanol–water partition coefficient (Wildman–Crippen LogP) is 17.0. The van der Waals surface area contributed by atoms with Crippen LogP contribution in [0.15, 0.2) is 109 Å². The molecule has 1 atom stereocenters. The number of allylic oxidation sites excluding steroid dienone is 18. The minimum atomic E-state index is -0.783. The van der Waals surface area contributed by atoms with E-state index in [9.17, 15) is 14.7 Å². The molecule has 1 unspecified atom stereocenters. The Morgan fingerprint density at radius 3 is 1.05 bits per heavy atom. The lowest BCUT2D eigenvalue weighted by molar-refractivity contribution is -0.161. The fourth-order valence-corrected chi connectivity index (χ4v) is 6.75. The highest BCUT2D eigenvalue weighted by Gasteiger charge is 2.16. The van der Waals surface area contributed by atoms with Gasteiger partial charge >= 0.3 is 11.9 Å². The molecule has 0 radical (unpaired) electrons. The van der Waals surface area contributed by atoms with Gasteiger partial charge in [-0.25, -0.2) is 0 Å². The van der Waals surface area contributed by atoms with Crippen LogP contribution in [0.1, 0.15) is 219 Å². The van der Waals surface area contributed by atoms with Crippen LogP contribution in [0.3, 0.4) is 0 Å². The van der Waals surface area contributed by atoms with E-state index in [-0.39, 0.29) is 25.2 Å². The Morgan fingerprint density at radius 2 is 0.694 bits per heavy atom. The van der Waals surface area contributed by atoms with E-state index in [0.717, 1.165) is 103 Å². The van der Waals surface area contributed by atoms with Gasteiger partial charge in [-0.3, -0.25) is 9.59 Å². The number of carbonyl (C=O) groups excluding carboxylic acids is 2. The van der Waals surface area contributed by atoms with Crippen LogP contribution in [0.25, 0.3) is 0 Å². The number of carbonyl (C=O) groups is 2. The van der Waals surface area contributed by atoms with Gasteiger partial charge in [0.25, 0.3) is 0 Å². The summed E-state index contributed by atoms with van der Waals surface area (Å²) in [5, 5.41) is 9.60. The lowest BCUT2D eigenvalue weighted by Crippen LogP contribution is -2.28. The highest BCUT2D eigenvalue weighted by molar-refractivity contribution is 5.70. The molecule has 0 rings (SSSR count). The summed E-state index contributed by atoms with van der Waals surface area (Å²) >= 11 is 0. The Hall–Kier alpha value is -3.44. The summed E-state index contributed by atoms with van der Waals surface area (Å²) < 4.78 is 10.6. The third-order valence-corrected chi connectivity index (χ3v) is 10.5. The van der Waals surface area contributed by atoms with Crippen molar-refractivity contribution in [3.05, 3.63) is 109 Å². The molecule has 0 fully saturated rings. The number of hydrogen-bond donors (Lipinski definition) is 1. The third-order valence-electron chi connectivity index (χ3n) is 10.5. The first-order valence-corrected chi connectivity index (χ1v) is 25.4. The summed E-state index contributed by atoms with van der Waals surface area (Å²) in [6.07, 6.45) is 74.7. The van der Waals surface area contributed by atoms with Crippen molar-refractivity contribution in [1.82, 2.24) is 0 Å². The monoisotopic (exact) mass is 859 g/mol. The molecule has 0 spiro atoms. The first kappa shape index (κ1) is 58.6. The molecule has 0 aromatic carbocycles. The summed E-state index contributed by atoms with van der Waals surface area (Å²) in [7, 11) is 0. The largest absolute Gasteiger partial charge is 0.462 e. The summed E-state index contributed by atoms with van der Waals surface area (Å²) in [4.78, 5) is 24.4. The molecule has 0 saturated heterocycles. The van der Waals surface area contributed by atoms with Crippen molar-refractivity contribution in [3.8, 4) is 0 Å². The highest BCUT2D eigenvalue weighted by Crippen LogP contribution is 2.15. The summed E-state index contributed by atoms with van der Waals surface area (Å²) in [6.45, 7) is 3.94. The Labute approximate surface area is 382 Å². The average Bonchev–Trinajstić information content (AvgIpc) is 3.28. The van der Waals surface area contributed by atoms with E-state index in [1.807, 2.05) is 0 Å². The fraction of sp³-hybridized carbons (Fsp3) is 0.649. The average molecular weight is 859 g/mol. The van der Waals surface area contributed by atoms with Crippen molar-refractivity contribution < 1.29 is 24.2 Å². The first-order chi connectivity index (χ1) is 30.6. The quantitative estimate of drug-likeness (QED) is 0.0375. The van der Waals surface area contributed by atoms with Crippen molar-refractivity contribution in [3.63, 3.8) is 0 Å². The molecule has 62 heavy (non-hydrogen) atoms. The van der Waals surface area contributed by atoms with Crippen molar-refractivity contribution >= 4 is 11.9 Å². The summed E-state index contributed by atoms with van der Waals surface area (Å²) in [5.41, 5.74) is 0. The minimum Gasteiger partial charge on any atom is -0.462 e. The molecule has 352 valence electrons. The predicted molar refractivity (Wildman–Crippen MR) is 269 cm³/mol. The zero-order chi connectivity index (χ0) is 44.9. The number of aliphatic hydroxyl groups is 1. The Kier molecular flexibility index (Phi) is 49.0. The van der Waals surface area contributed by atoms with Gasteiger partial charge in [0.05, 0.1) is 6.61 Å². The van der Waals surface area contributed by atoms with Gasteiger partial charge < -0.3 is 14.6 Å². The highest BCUT2D eigenvalue weighted by atomic mass is 16.6. The lowest BCUT2D eigenvalue weighted by Gasteiger charge is -2.15. The van der Waals surface area contributed by atoms with E-state index in [2.05, 4.69) is 123 Å². The zero-order valence-electron chi connectivity index (χ0n) is 40.1. The molecule has 5 nitrogen and oxygen atoms in total. The molecule has 0 aromatic rings. The SMILES string of the molecule is CC/C=C\C/C=C\C/C=C\C/C=C\C/C=C\C/C=C\C/C=C\CCCCCCCCCCCCCCCC(=O)OC(CO)COC(=O)CCCCCCC/C=C\C/C=C\CCC. The molecule has 0 aliphatic carbocycles. The maximum atomic E-state index is 12.3. The fourth-order valence-electron chi connectivity index (χ4n) is 6.75. The normalized spacial score (nSPS) is 13.1. The third kappa shape index (κ3) is 49.2. The molecule has 0 aromatic heterocycles. The smallest absolute Gasteiger partial charge is 0.306 e. The Bertz CT molecular complexity index is 1250. The van der Waals surface area contributed by atoms with Crippen molar-refractivity contribution in [2.45, 2.75) is 225 Å². The van der Waals surface area contributed by atoms with E-state index in [0.29, 0.717) is 12.8 Å². The topological polar surface area (TPSA) is 72.8 Å². The van der Waals surface area contributed by atoms with Crippen molar-refractivity contribution in [1.29, 1.82) is 0 Å². The van der Waals surface area contributed by atoms with Gasteiger partial charge in [-0.15, -0.1) is 0 Å². The molecule has 0 amide bonds. The van der Waals surface area contributed by atoms with E-state index >= 15 is 0 Å². The number of ether oxygens (including phenoxy) is 2. The molecular formula is C57H94O5. The molecular weight excluding hydrogens is 765 g/mol. The number of aliphatic hydroxyl groups excluding tert-OH is 1. The van der Waals surface area contributed by atoms with Gasteiger partial charge in [0, 0.05) is 12.8 Å². The van der Waals surface area contributed by atoms with E-state index in [1.54, 1.807) is 0 Å². The van der Waals surface area contributed by atoms with Gasteiger partial charge in [0.15, 0.2) is 6.10 Å². The second-order valence-electron chi connectivity index (χ2n) is 16.5. The molecule has 1 N–H and O–H groups in total. The second kappa shape index (κ2) is 51.9. The molecule has 0 aliphatic rings. The van der Waals surface area contributed by atoms with Crippen LogP contribution in [-0.2, 0) is 19.1 Å². The molecule has 0 aliphatic heterocycles. The van der Waals surface area contributed by atoms with Crippen LogP contribution in [0.4, 0.5) is 0 Å². The number of rotatable bonds is 45. The van der Waals surface area contributed by atoms with E-state index in [1.165, 1.54) is 89.9 Å². The molecule has 0 heterocycles. The Morgan fingerprint density at radius 1 is 0.387 bits per heavy atom. The molecule has 0 bridgehead atoms. The molecule has 5 heteroatoms. The van der Waals surface area contributed by atoms with E-state index in [4.69, 9.17) is 9.47 Å². The van der Waals surface area contributed by atoms with Gasteiger partial charge in [-0.1, -0.05) is 220 Å². The number of unbranched alkanes of at least 4 members (excludes halogenated alkanes) is 19. The van der Waals surface area contributed by atoms with Gasteiger partial charge in [-0.05, 0) is 96.3 Å². The maximum Gasteiger partial charge on any atom is 0.306 e. The number of esters is 2. The minimum absolute atomic E-state index is 0.0779. The molecule has 0 saturated carbocycles. The standard InChI is InChI=1S/C57H94O5/c1-3-5-7-9-11-13-15-17-18-19-20-21-22-23-24-25-26-27-28-29-30-31-32-33-34-35-36-37-38-40-42-44-46-48-50-52-57(60)62-55(53-58)54-61-56(59)51-49-47-45-43-41-39-16-14-12-10-8-6-4-2/h5,7-8,10-11,13-14,16-18,20-21,23-24,26-27,29-30,55,58H,3-4,6,9,12,15,19,22,25,28,31-54H2,1-2H3/b7-5-,10-8-,13-11-,16-14-,18-17-,21-20-,24-23-,27-26-,30-29-. The van der Waals surface area contributed by atoms with Gasteiger partial charge in [0.2, 0.25) is 0 Å². The lowest BCUT2D eigenvalue weighted by atomic mass is 10.0. The summed E-state index contributed by atoms with van der Waals surface area (Å²) in [6, 6.07) is 0. The van der Waals surface area contributed by atoms with Gasteiger partial charge in [0.1, 0.15) is 6.61 Å². The first-order valence-electron chi connectivity index (χ1n) is 25.4. The maximum absolute atomic E-state index is 12.3. The van der Waals surface area contributed by atoms with Crippen LogP contribution >= 0.6 is 0 Å². The van der Waals surface area contributed by atoms with Crippen LogP contribution in [-0.4, -0.2) is 36.4 Å². The second-order valence-corrected chi connectivity index (χ2v) is 16.5. The van der Waals surface area contributed by atoms with Crippen molar-refractivity contribution in [2.24, 2.45) is 0 Å². The van der Waals surface area contributed by atoms with Crippen LogP contribution in [0.2, 0.25) is 0 Å². The van der Waals surface area contributed by atoms with Crippen LogP contribution in [0.5, 0.6) is 0 Å². The van der Waals surface area contributed by atoms with E-state index < -0.39 is 6.10 Å². The van der Waals surface area contributed by atoms with Crippen LogP contribution < -0.4 is 0 Å². The zero-order valence-corrected chi connectivity index (χ0v) is 40.1. The van der Waals surface area contributed by atoms with Crippen molar-refractivity contribution in [2.75, 3.05) is 13.2 Å². The van der Waals surface area contributed by atoms with Crippen LogP contribution in [0, 0.1) is 0 Å². The van der Waals surface area contributed by atoms with Gasteiger partial charge in [-0.2, -0.15) is 0 Å². The Balaban J connectivity index is 3.53. The number of hydrogen-bond acceptors (Lipinski definition) is 5. The summed E-state index contributed by atoms with van der Waals surface area (Å²) in [5.74, 6) is -0.613.